The molecule has 90 valence electrons. The summed E-state index contributed by atoms with van der Waals surface area (Å²) in [5, 5.41) is 8.60. The fourth-order valence-corrected chi connectivity index (χ4v) is 1.56. The van der Waals surface area contributed by atoms with Crippen LogP contribution in [0.4, 0.5) is 0 Å². The summed E-state index contributed by atoms with van der Waals surface area (Å²) in [7, 11) is 0. The van der Waals surface area contributed by atoms with Crippen LogP contribution in [0.15, 0.2) is 54.6 Å². The number of aliphatic hydroxyl groups excluding tert-OH is 1. The van der Waals surface area contributed by atoms with Gasteiger partial charge >= 0.3 is 0 Å². The lowest BCUT2D eigenvalue weighted by atomic mass is 10.1. The maximum atomic E-state index is 8.60. The number of aliphatic hydroxyl groups is 1. The molecule has 0 aliphatic rings. The highest BCUT2D eigenvalue weighted by molar-refractivity contribution is 5.35. The van der Waals surface area contributed by atoms with Gasteiger partial charge in [-0.1, -0.05) is 42.2 Å². The number of ether oxygens (including phenoxy) is 1. The zero-order chi connectivity index (χ0) is 12.6. The SMILES string of the molecule is OCC#CCc1cccc(Oc2ccccc2)c1. The van der Waals surface area contributed by atoms with Crippen LogP contribution in [0, 0.1) is 11.8 Å². The molecule has 0 bridgehead atoms. The van der Waals surface area contributed by atoms with Crippen LogP contribution in [0.5, 0.6) is 11.5 Å². The number of para-hydroxylation sites is 1. The molecule has 2 rings (SSSR count). The van der Waals surface area contributed by atoms with Crippen LogP contribution in [0.1, 0.15) is 5.56 Å². The molecule has 0 unspecified atom stereocenters. The molecule has 0 heterocycles. The molecule has 1 N–H and O–H groups in total. The first kappa shape index (κ1) is 12.2. The van der Waals surface area contributed by atoms with Gasteiger partial charge in [0, 0.05) is 6.42 Å². The van der Waals surface area contributed by atoms with E-state index < -0.39 is 0 Å². The average molecular weight is 238 g/mol. The van der Waals surface area contributed by atoms with E-state index in [0.717, 1.165) is 17.1 Å². The summed E-state index contributed by atoms with van der Waals surface area (Å²) < 4.78 is 5.73. The van der Waals surface area contributed by atoms with Crippen LogP contribution in [-0.4, -0.2) is 11.7 Å². The van der Waals surface area contributed by atoms with Crippen molar-refractivity contribution in [1.29, 1.82) is 0 Å². The van der Waals surface area contributed by atoms with E-state index in [2.05, 4.69) is 11.8 Å². The molecule has 0 radical (unpaired) electrons. The molecule has 0 atom stereocenters. The summed E-state index contributed by atoms with van der Waals surface area (Å²) >= 11 is 0. The first-order valence-corrected chi connectivity index (χ1v) is 5.77. The van der Waals surface area contributed by atoms with Crippen LogP contribution in [0.25, 0.3) is 0 Å². The Hall–Kier alpha value is -2.24. The van der Waals surface area contributed by atoms with Gasteiger partial charge in [0.05, 0.1) is 0 Å². The molecular formula is C16H14O2. The zero-order valence-electron chi connectivity index (χ0n) is 9.97. The van der Waals surface area contributed by atoms with Crippen molar-refractivity contribution in [3.63, 3.8) is 0 Å². The first-order chi connectivity index (χ1) is 8.88. The Morgan fingerprint density at radius 3 is 2.44 bits per heavy atom. The van der Waals surface area contributed by atoms with Crippen molar-refractivity contribution in [1.82, 2.24) is 0 Å². The molecule has 0 aromatic heterocycles. The van der Waals surface area contributed by atoms with Gasteiger partial charge in [-0.25, -0.2) is 0 Å². The molecule has 2 nitrogen and oxygen atoms in total. The van der Waals surface area contributed by atoms with Crippen LogP contribution in [-0.2, 0) is 6.42 Å². The van der Waals surface area contributed by atoms with Crippen molar-refractivity contribution in [2.24, 2.45) is 0 Å². The van der Waals surface area contributed by atoms with E-state index in [9.17, 15) is 0 Å². The quantitative estimate of drug-likeness (QED) is 0.833. The minimum absolute atomic E-state index is 0.0970. The molecular weight excluding hydrogens is 224 g/mol. The number of hydrogen-bond donors (Lipinski definition) is 1. The van der Waals surface area contributed by atoms with E-state index in [0.29, 0.717) is 6.42 Å². The highest BCUT2D eigenvalue weighted by Crippen LogP contribution is 2.21. The third kappa shape index (κ3) is 3.65. The van der Waals surface area contributed by atoms with Gasteiger partial charge in [0.2, 0.25) is 0 Å². The monoisotopic (exact) mass is 238 g/mol. The molecule has 0 fully saturated rings. The predicted octanol–water partition coefficient (Wildman–Crippen LogP) is 3.02. The fourth-order valence-electron chi connectivity index (χ4n) is 1.56. The highest BCUT2D eigenvalue weighted by atomic mass is 16.5. The van der Waals surface area contributed by atoms with Crippen molar-refractivity contribution in [3.8, 4) is 23.3 Å². The normalized spacial score (nSPS) is 9.39. The van der Waals surface area contributed by atoms with E-state index in [-0.39, 0.29) is 6.61 Å². The zero-order valence-corrected chi connectivity index (χ0v) is 9.97. The molecule has 18 heavy (non-hydrogen) atoms. The van der Waals surface area contributed by atoms with Gasteiger partial charge in [0.25, 0.3) is 0 Å². The number of hydrogen-bond acceptors (Lipinski definition) is 2. The summed E-state index contributed by atoms with van der Waals surface area (Å²) in [6.45, 7) is -0.0970. The van der Waals surface area contributed by atoms with E-state index in [1.54, 1.807) is 0 Å². The van der Waals surface area contributed by atoms with Crippen molar-refractivity contribution < 1.29 is 9.84 Å². The van der Waals surface area contributed by atoms with Gasteiger partial charge < -0.3 is 9.84 Å². The maximum Gasteiger partial charge on any atom is 0.127 e. The van der Waals surface area contributed by atoms with Crippen LogP contribution in [0.2, 0.25) is 0 Å². The second kappa shape index (κ2) is 6.48. The van der Waals surface area contributed by atoms with E-state index in [4.69, 9.17) is 9.84 Å². The third-order valence-electron chi connectivity index (χ3n) is 2.37. The van der Waals surface area contributed by atoms with Gasteiger partial charge in [0.1, 0.15) is 18.1 Å². The Bertz CT molecular complexity index is 550. The molecule has 0 spiro atoms. The molecule has 2 heteroatoms. The Morgan fingerprint density at radius 1 is 0.889 bits per heavy atom. The number of rotatable bonds is 3. The highest BCUT2D eigenvalue weighted by Gasteiger charge is 1.97. The first-order valence-electron chi connectivity index (χ1n) is 5.77. The van der Waals surface area contributed by atoms with E-state index in [1.165, 1.54) is 0 Å². The lowest BCUT2D eigenvalue weighted by molar-refractivity contribution is 0.350. The molecule has 0 saturated heterocycles. The summed E-state index contributed by atoms with van der Waals surface area (Å²) in [5.74, 6) is 7.13. The third-order valence-corrected chi connectivity index (χ3v) is 2.37. The van der Waals surface area contributed by atoms with Crippen molar-refractivity contribution >= 4 is 0 Å². The van der Waals surface area contributed by atoms with E-state index >= 15 is 0 Å². The van der Waals surface area contributed by atoms with Crippen LogP contribution < -0.4 is 4.74 Å². The van der Waals surface area contributed by atoms with Crippen LogP contribution in [0.3, 0.4) is 0 Å². The number of benzene rings is 2. The smallest absolute Gasteiger partial charge is 0.127 e. The Kier molecular flexibility index (Phi) is 4.40. The van der Waals surface area contributed by atoms with Gasteiger partial charge in [0.15, 0.2) is 0 Å². The summed E-state index contributed by atoms with van der Waals surface area (Å²) in [4.78, 5) is 0. The largest absolute Gasteiger partial charge is 0.457 e. The maximum absolute atomic E-state index is 8.60. The Morgan fingerprint density at radius 2 is 1.67 bits per heavy atom. The van der Waals surface area contributed by atoms with Crippen molar-refractivity contribution in [3.05, 3.63) is 60.2 Å². The second-order valence-corrected chi connectivity index (χ2v) is 3.75. The lowest BCUT2D eigenvalue weighted by Gasteiger charge is -2.06. The molecule has 0 aliphatic heterocycles. The van der Waals surface area contributed by atoms with Crippen molar-refractivity contribution in [2.45, 2.75) is 6.42 Å². The van der Waals surface area contributed by atoms with Gasteiger partial charge in [-0.2, -0.15) is 0 Å². The van der Waals surface area contributed by atoms with E-state index in [1.807, 2.05) is 54.6 Å². The summed E-state index contributed by atoms with van der Waals surface area (Å²) in [5.41, 5.74) is 1.07. The molecule has 2 aromatic rings. The van der Waals surface area contributed by atoms with Gasteiger partial charge in [-0.15, -0.1) is 0 Å². The second-order valence-electron chi connectivity index (χ2n) is 3.75. The summed E-state index contributed by atoms with van der Waals surface area (Å²) in [6.07, 6.45) is 0.618. The minimum Gasteiger partial charge on any atom is -0.457 e. The van der Waals surface area contributed by atoms with Crippen molar-refractivity contribution in [2.75, 3.05) is 6.61 Å². The Balaban J connectivity index is 2.08. The average Bonchev–Trinajstić information content (AvgIpc) is 2.41. The molecule has 0 saturated carbocycles. The Labute approximate surface area is 107 Å². The minimum atomic E-state index is -0.0970. The summed E-state index contributed by atoms with van der Waals surface area (Å²) in [6, 6.07) is 17.5. The van der Waals surface area contributed by atoms with Crippen LogP contribution >= 0.6 is 0 Å². The fraction of sp³-hybridized carbons (Fsp3) is 0.125. The van der Waals surface area contributed by atoms with Gasteiger partial charge in [-0.3, -0.25) is 0 Å². The molecule has 2 aromatic carbocycles. The molecule has 0 amide bonds. The lowest BCUT2D eigenvalue weighted by Crippen LogP contribution is -1.87. The molecule has 0 aliphatic carbocycles. The topological polar surface area (TPSA) is 29.5 Å². The standard InChI is InChI=1S/C16H14O2/c17-12-5-4-7-14-8-6-11-16(13-14)18-15-9-2-1-3-10-15/h1-3,6,8-11,13,17H,7,12H2. The van der Waals surface area contributed by atoms with Gasteiger partial charge in [-0.05, 0) is 29.8 Å². The predicted molar refractivity (Wildman–Crippen MR) is 71.5 cm³/mol.